The molecule has 3 amide bonds. The van der Waals surface area contributed by atoms with Crippen molar-refractivity contribution < 1.29 is 14.4 Å². The van der Waals surface area contributed by atoms with Gasteiger partial charge < -0.3 is 15.5 Å². The SMILES string of the molecule is CC1(CCNCc2cccc3c2CN(C2CCC(=O)NC2=O)C3=O)CCN1. The van der Waals surface area contributed by atoms with Crippen LogP contribution in [0.5, 0.6) is 0 Å². The Labute approximate surface area is 158 Å². The minimum absolute atomic E-state index is 0.118. The van der Waals surface area contributed by atoms with Gasteiger partial charge in [0.15, 0.2) is 0 Å². The monoisotopic (exact) mass is 370 g/mol. The molecule has 1 aromatic carbocycles. The van der Waals surface area contributed by atoms with Gasteiger partial charge in [-0.2, -0.15) is 0 Å². The predicted molar refractivity (Wildman–Crippen MR) is 99.8 cm³/mol. The Morgan fingerprint density at radius 3 is 2.81 bits per heavy atom. The molecule has 0 radical (unpaired) electrons. The Hall–Kier alpha value is -2.25. The number of amides is 3. The highest BCUT2D eigenvalue weighted by Gasteiger charge is 2.39. The molecule has 7 heteroatoms. The molecular formula is C20H26N4O3. The summed E-state index contributed by atoms with van der Waals surface area (Å²) in [5.74, 6) is -0.749. The summed E-state index contributed by atoms with van der Waals surface area (Å²) in [6, 6.07) is 5.20. The first-order valence-electron chi connectivity index (χ1n) is 9.68. The zero-order valence-electron chi connectivity index (χ0n) is 15.6. The quantitative estimate of drug-likeness (QED) is 0.506. The van der Waals surface area contributed by atoms with Gasteiger partial charge >= 0.3 is 0 Å². The van der Waals surface area contributed by atoms with E-state index < -0.39 is 6.04 Å². The molecule has 0 spiro atoms. The molecule has 0 aliphatic carbocycles. The maximum atomic E-state index is 12.8. The first kappa shape index (κ1) is 18.1. The van der Waals surface area contributed by atoms with Gasteiger partial charge in [0.1, 0.15) is 6.04 Å². The Kier molecular flexibility index (Phi) is 4.74. The van der Waals surface area contributed by atoms with Crippen molar-refractivity contribution in [3.05, 3.63) is 34.9 Å². The molecule has 2 fully saturated rings. The van der Waals surface area contributed by atoms with Gasteiger partial charge in [-0.05, 0) is 56.5 Å². The van der Waals surface area contributed by atoms with Gasteiger partial charge in [0.2, 0.25) is 11.8 Å². The molecule has 3 aliphatic rings. The van der Waals surface area contributed by atoms with Crippen molar-refractivity contribution >= 4 is 17.7 Å². The van der Waals surface area contributed by atoms with Crippen LogP contribution in [0.15, 0.2) is 18.2 Å². The molecule has 144 valence electrons. The fraction of sp³-hybridized carbons (Fsp3) is 0.550. The fourth-order valence-corrected chi connectivity index (χ4v) is 4.17. The molecule has 0 saturated carbocycles. The number of carbonyl (C=O) groups excluding carboxylic acids is 3. The van der Waals surface area contributed by atoms with Gasteiger partial charge in [0.25, 0.3) is 5.91 Å². The van der Waals surface area contributed by atoms with E-state index in [1.54, 1.807) is 4.90 Å². The van der Waals surface area contributed by atoms with E-state index in [4.69, 9.17) is 0 Å². The lowest BCUT2D eigenvalue weighted by Gasteiger charge is -2.40. The molecule has 3 N–H and O–H groups in total. The Balaban J connectivity index is 1.41. The molecule has 3 aliphatic heterocycles. The molecule has 4 rings (SSSR count). The lowest BCUT2D eigenvalue weighted by molar-refractivity contribution is -0.136. The molecule has 0 bridgehead atoms. The van der Waals surface area contributed by atoms with Crippen LogP contribution in [0.25, 0.3) is 0 Å². The summed E-state index contributed by atoms with van der Waals surface area (Å²) in [5.41, 5.74) is 3.02. The summed E-state index contributed by atoms with van der Waals surface area (Å²) in [7, 11) is 0. The fourth-order valence-electron chi connectivity index (χ4n) is 4.17. The van der Waals surface area contributed by atoms with Crippen molar-refractivity contribution in [1.82, 2.24) is 20.9 Å². The highest BCUT2D eigenvalue weighted by Crippen LogP contribution is 2.30. The number of nitrogens with one attached hydrogen (secondary N) is 3. The summed E-state index contributed by atoms with van der Waals surface area (Å²) in [6.45, 7) is 5.39. The average molecular weight is 370 g/mol. The summed E-state index contributed by atoms with van der Waals surface area (Å²) in [5, 5.41) is 9.30. The van der Waals surface area contributed by atoms with Crippen molar-refractivity contribution in [3.63, 3.8) is 0 Å². The number of imide groups is 1. The zero-order chi connectivity index (χ0) is 19.0. The maximum absolute atomic E-state index is 12.8. The minimum Gasteiger partial charge on any atom is -0.322 e. The first-order valence-corrected chi connectivity index (χ1v) is 9.68. The Bertz CT molecular complexity index is 787. The van der Waals surface area contributed by atoms with Crippen LogP contribution in [-0.4, -0.2) is 47.3 Å². The molecule has 27 heavy (non-hydrogen) atoms. The van der Waals surface area contributed by atoms with Gasteiger partial charge in [-0.1, -0.05) is 12.1 Å². The highest BCUT2D eigenvalue weighted by molar-refractivity contribution is 6.05. The van der Waals surface area contributed by atoms with E-state index in [0.29, 0.717) is 25.1 Å². The lowest BCUT2D eigenvalue weighted by atomic mass is 9.87. The van der Waals surface area contributed by atoms with Crippen LogP contribution in [0.4, 0.5) is 0 Å². The average Bonchev–Trinajstić information content (AvgIpc) is 2.95. The molecule has 0 aromatic heterocycles. The summed E-state index contributed by atoms with van der Waals surface area (Å²) >= 11 is 0. The number of hydrogen-bond donors (Lipinski definition) is 3. The second-order valence-corrected chi connectivity index (χ2v) is 8.01. The lowest BCUT2D eigenvalue weighted by Crippen LogP contribution is -2.55. The molecule has 2 atom stereocenters. The largest absolute Gasteiger partial charge is 0.322 e. The molecule has 2 saturated heterocycles. The van der Waals surface area contributed by atoms with Crippen molar-refractivity contribution in [1.29, 1.82) is 0 Å². The van der Waals surface area contributed by atoms with E-state index in [0.717, 1.165) is 30.6 Å². The van der Waals surface area contributed by atoms with Crippen LogP contribution in [-0.2, 0) is 22.7 Å². The van der Waals surface area contributed by atoms with Gasteiger partial charge in [-0.15, -0.1) is 0 Å². The van der Waals surface area contributed by atoms with Crippen LogP contribution in [0, 0.1) is 0 Å². The standard InChI is InChI=1S/C20H26N4O3/c1-20(8-10-22-20)7-9-21-11-13-3-2-4-14-15(13)12-24(19(14)27)16-5-6-17(25)23-18(16)26/h2-4,16,21-22H,5-12H2,1H3,(H,23,25,26). The first-order chi connectivity index (χ1) is 13.0. The third-order valence-electron chi connectivity index (χ3n) is 6.08. The number of fused-ring (bicyclic) bond motifs is 1. The summed E-state index contributed by atoms with van der Waals surface area (Å²) < 4.78 is 0. The number of nitrogens with zero attached hydrogens (tertiary/aromatic N) is 1. The van der Waals surface area contributed by atoms with E-state index in [-0.39, 0.29) is 29.7 Å². The van der Waals surface area contributed by atoms with E-state index in [2.05, 4.69) is 22.9 Å². The second kappa shape index (κ2) is 7.05. The molecule has 1 aromatic rings. The number of piperidine rings is 1. The number of rotatable bonds is 6. The topological polar surface area (TPSA) is 90.5 Å². The molecular weight excluding hydrogens is 344 g/mol. The van der Waals surface area contributed by atoms with Crippen molar-refractivity contribution in [2.24, 2.45) is 0 Å². The van der Waals surface area contributed by atoms with Crippen molar-refractivity contribution in [2.45, 2.75) is 57.3 Å². The van der Waals surface area contributed by atoms with Crippen molar-refractivity contribution in [2.75, 3.05) is 13.1 Å². The molecule has 3 heterocycles. The van der Waals surface area contributed by atoms with Gasteiger partial charge in [0.05, 0.1) is 0 Å². The van der Waals surface area contributed by atoms with E-state index in [9.17, 15) is 14.4 Å². The number of hydrogen-bond acceptors (Lipinski definition) is 5. The molecule has 2 unspecified atom stereocenters. The third-order valence-corrected chi connectivity index (χ3v) is 6.08. The smallest absolute Gasteiger partial charge is 0.255 e. The van der Waals surface area contributed by atoms with Gasteiger partial charge in [0, 0.05) is 30.6 Å². The Morgan fingerprint density at radius 2 is 2.11 bits per heavy atom. The summed E-state index contributed by atoms with van der Waals surface area (Å²) in [6.07, 6.45) is 2.95. The normalized spacial score (nSPS) is 27.4. The minimum atomic E-state index is -0.562. The molecule has 7 nitrogen and oxygen atoms in total. The zero-order valence-corrected chi connectivity index (χ0v) is 15.6. The second-order valence-electron chi connectivity index (χ2n) is 8.01. The van der Waals surface area contributed by atoms with E-state index >= 15 is 0 Å². The maximum Gasteiger partial charge on any atom is 0.255 e. The Morgan fingerprint density at radius 1 is 1.30 bits per heavy atom. The predicted octanol–water partition coefficient (Wildman–Crippen LogP) is 0.679. The van der Waals surface area contributed by atoms with E-state index in [1.807, 2.05) is 18.2 Å². The van der Waals surface area contributed by atoms with Crippen LogP contribution in [0.3, 0.4) is 0 Å². The number of carbonyl (C=O) groups is 3. The van der Waals surface area contributed by atoms with Crippen LogP contribution in [0.2, 0.25) is 0 Å². The van der Waals surface area contributed by atoms with Gasteiger partial charge in [-0.25, -0.2) is 0 Å². The van der Waals surface area contributed by atoms with Crippen LogP contribution >= 0.6 is 0 Å². The van der Waals surface area contributed by atoms with E-state index in [1.165, 1.54) is 6.42 Å². The highest BCUT2D eigenvalue weighted by atomic mass is 16.2. The number of benzene rings is 1. The van der Waals surface area contributed by atoms with Crippen LogP contribution in [0.1, 0.15) is 54.1 Å². The van der Waals surface area contributed by atoms with Crippen molar-refractivity contribution in [3.8, 4) is 0 Å². The van der Waals surface area contributed by atoms with Gasteiger partial charge in [-0.3, -0.25) is 19.7 Å². The van der Waals surface area contributed by atoms with Crippen LogP contribution < -0.4 is 16.0 Å². The third kappa shape index (κ3) is 3.49. The summed E-state index contributed by atoms with van der Waals surface area (Å²) in [4.78, 5) is 38.0.